The Labute approximate surface area is 187 Å². The average Bonchev–Trinajstić information content (AvgIpc) is 2.67. The van der Waals surface area contributed by atoms with Gasteiger partial charge in [0, 0.05) is 30.7 Å². The zero-order chi connectivity index (χ0) is 23.1. The van der Waals surface area contributed by atoms with Crippen molar-refractivity contribution in [2.75, 3.05) is 48.2 Å². The van der Waals surface area contributed by atoms with Crippen molar-refractivity contribution in [1.29, 1.82) is 0 Å². The first-order chi connectivity index (χ1) is 14.6. The summed E-state index contributed by atoms with van der Waals surface area (Å²) in [5, 5.41) is 26.3. The Bertz CT molecular complexity index is 630. The van der Waals surface area contributed by atoms with Crippen LogP contribution in [0.1, 0.15) is 73.6 Å². The molecule has 1 aliphatic heterocycles. The molecule has 1 saturated heterocycles. The topological polar surface area (TPSA) is 110 Å². The van der Waals surface area contributed by atoms with Crippen LogP contribution in [0, 0.1) is 5.92 Å². The molecule has 0 aliphatic carbocycles. The lowest BCUT2D eigenvalue weighted by Crippen LogP contribution is -2.57. The number of hydrogen-bond donors (Lipinski definition) is 4. The number of aromatic nitrogens is 3. The maximum atomic E-state index is 9.60. The van der Waals surface area contributed by atoms with Gasteiger partial charge in [0.2, 0.25) is 17.8 Å². The number of piperidine rings is 1. The SMILES string of the molecule is CCN(CO)c1nc(NCCCCC2CC(C)(C)NC(C)(C)C2)nc(N(CC)CO)n1. The fourth-order valence-electron chi connectivity index (χ4n) is 4.82. The van der Waals surface area contributed by atoms with Crippen LogP contribution in [0.15, 0.2) is 0 Å². The van der Waals surface area contributed by atoms with Gasteiger partial charge in [-0.05, 0) is 66.7 Å². The molecule has 0 unspecified atom stereocenters. The molecule has 0 radical (unpaired) electrons. The lowest BCUT2D eigenvalue weighted by atomic mass is 9.74. The summed E-state index contributed by atoms with van der Waals surface area (Å²) in [7, 11) is 0. The number of nitrogens with one attached hydrogen (secondary N) is 2. The van der Waals surface area contributed by atoms with Crippen LogP contribution in [0.4, 0.5) is 17.8 Å². The highest BCUT2D eigenvalue weighted by molar-refractivity contribution is 5.44. The van der Waals surface area contributed by atoms with Crippen molar-refractivity contribution in [2.45, 2.75) is 84.7 Å². The fourth-order valence-corrected chi connectivity index (χ4v) is 4.82. The fraction of sp³-hybridized carbons (Fsp3) is 0.864. The summed E-state index contributed by atoms with van der Waals surface area (Å²) in [5.41, 5.74) is 0.385. The van der Waals surface area contributed by atoms with Gasteiger partial charge in [-0.2, -0.15) is 15.0 Å². The summed E-state index contributed by atoms with van der Waals surface area (Å²) in [4.78, 5) is 16.7. The molecule has 178 valence electrons. The lowest BCUT2D eigenvalue weighted by molar-refractivity contribution is 0.122. The molecule has 0 amide bonds. The quantitative estimate of drug-likeness (QED) is 0.290. The minimum Gasteiger partial charge on any atom is -0.376 e. The van der Waals surface area contributed by atoms with Crippen LogP contribution in [0.5, 0.6) is 0 Å². The summed E-state index contributed by atoms with van der Waals surface area (Å²) in [6.07, 6.45) is 5.85. The predicted octanol–water partition coefficient (Wildman–Crippen LogP) is 2.56. The monoisotopic (exact) mass is 437 g/mol. The van der Waals surface area contributed by atoms with Gasteiger partial charge in [0.15, 0.2) is 0 Å². The Hall–Kier alpha value is -1.71. The van der Waals surface area contributed by atoms with E-state index in [4.69, 9.17) is 0 Å². The van der Waals surface area contributed by atoms with Crippen LogP contribution >= 0.6 is 0 Å². The lowest BCUT2D eigenvalue weighted by Gasteiger charge is -2.46. The Morgan fingerprint density at radius 3 is 1.87 bits per heavy atom. The zero-order valence-electron chi connectivity index (χ0n) is 20.3. The van der Waals surface area contributed by atoms with Gasteiger partial charge in [0.05, 0.1) is 0 Å². The van der Waals surface area contributed by atoms with E-state index in [-0.39, 0.29) is 24.5 Å². The summed E-state index contributed by atoms with van der Waals surface area (Å²) >= 11 is 0. The first-order valence-electron chi connectivity index (χ1n) is 11.6. The maximum Gasteiger partial charge on any atom is 0.233 e. The van der Waals surface area contributed by atoms with Gasteiger partial charge in [-0.3, -0.25) is 0 Å². The van der Waals surface area contributed by atoms with Crippen molar-refractivity contribution in [2.24, 2.45) is 5.92 Å². The standard InChI is InChI=1S/C22H43N7O2/c1-7-28(15-30)19-24-18(25-20(26-19)29(8-2)16-31)23-12-10-9-11-17-13-21(3,4)27-22(5,6)14-17/h17,27,30-31H,7-16H2,1-6H3,(H,23,24,25,26). The molecule has 0 bridgehead atoms. The van der Waals surface area contributed by atoms with Crippen molar-refractivity contribution in [3.63, 3.8) is 0 Å². The first-order valence-corrected chi connectivity index (χ1v) is 11.6. The summed E-state index contributed by atoms with van der Waals surface area (Å²) in [5.74, 6) is 2.03. The Balaban J connectivity index is 1.93. The number of aliphatic hydroxyl groups excluding tert-OH is 2. The molecule has 9 nitrogen and oxygen atoms in total. The third kappa shape index (κ3) is 7.73. The van der Waals surface area contributed by atoms with Gasteiger partial charge in [0.25, 0.3) is 0 Å². The third-order valence-electron chi connectivity index (χ3n) is 5.88. The van der Waals surface area contributed by atoms with Gasteiger partial charge in [-0.25, -0.2) is 0 Å². The molecular weight excluding hydrogens is 394 g/mol. The molecule has 0 aromatic carbocycles. The van der Waals surface area contributed by atoms with Gasteiger partial charge in [-0.1, -0.05) is 12.8 Å². The predicted molar refractivity (Wildman–Crippen MR) is 126 cm³/mol. The molecule has 31 heavy (non-hydrogen) atoms. The van der Waals surface area contributed by atoms with Crippen molar-refractivity contribution < 1.29 is 10.2 Å². The Kier molecular flexibility index (Phi) is 9.27. The number of rotatable bonds is 12. The molecule has 1 aliphatic rings. The van der Waals surface area contributed by atoms with Gasteiger partial charge in [-0.15, -0.1) is 0 Å². The normalized spacial score (nSPS) is 18.1. The molecule has 4 N–H and O–H groups in total. The average molecular weight is 438 g/mol. The van der Waals surface area contributed by atoms with E-state index >= 15 is 0 Å². The van der Waals surface area contributed by atoms with E-state index in [1.807, 2.05) is 13.8 Å². The van der Waals surface area contributed by atoms with Crippen LogP contribution in [0.2, 0.25) is 0 Å². The van der Waals surface area contributed by atoms with Crippen molar-refractivity contribution in [1.82, 2.24) is 20.3 Å². The van der Waals surface area contributed by atoms with E-state index in [0.717, 1.165) is 25.3 Å². The van der Waals surface area contributed by atoms with Crippen molar-refractivity contribution >= 4 is 17.8 Å². The number of aliphatic hydroxyl groups is 2. The van der Waals surface area contributed by atoms with Crippen LogP contribution in [0.25, 0.3) is 0 Å². The minimum atomic E-state index is -0.173. The molecule has 2 heterocycles. The molecule has 1 fully saturated rings. The zero-order valence-corrected chi connectivity index (χ0v) is 20.3. The summed E-state index contributed by atoms with van der Waals surface area (Å²) < 4.78 is 0. The van der Waals surface area contributed by atoms with Crippen LogP contribution in [0.3, 0.4) is 0 Å². The van der Waals surface area contributed by atoms with E-state index in [1.54, 1.807) is 9.80 Å². The highest BCUT2D eigenvalue weighted by Crippen LogP contribution is 2.35. The summed E-state index contributed by atoms with van der Waals surface area (Å²) in [6.45, 7) is 14.7. The molecule has 1 aromatic heterocycles. The smallest absolute Gasteiger partial charge is 0.233 e. The highest BCUT2D eigenvalue weighted by Gasteiger charge is 2.37. The van der Waals surface area contributed by atoms with E-state index in [2.05, 4.69) is 53.3 Å². The number of hydrogen-bond acceptors (Lipinski definition) is 9. The third-order valence-corrected chi connectivity index (χ3v) is 5.88. The van der Waals surface area contributed by atoms with E-state index in [9.17, 15) is 10.2 Å². The van der Waals surface area contributed by atoms with Crippen LogP contribution < -0.4 is 20.4 Å². The number of anilines is 3. The molecule has 0 spiro atoms. The second kappa shape index (κ2) is 11.2. The van der Waals surface area contributed by atoms with Gasteiger partial charge >= 0.3 is 0 Å². The largest absolute Gasteiger partial charge is 0.376 e. The minimum absolute atomic E-state index is 0.173. The van der Waals surface area contributed by atoms with Gasteiger partial charge in [0.1, 0.15) is 13.5 Å². The Morgan fingerprint density at radius 2 is 1.42 bits per heavy atom. The van der Waals surface area contributed by atoms with Crippen LogP contribution in [-0.4, -0.2) is 69.3 Å². The molecule has 9 heteroatoms. The van der Waals surface area contributed by atoms with E-state index < -0.39 is 0 Å². The van der Waals surface area contributed by atoms with Crippen molar-refractivity contribution in [3.05, 3.63) is 0 Å². The second-order valence-corrected chi connectivity index (χ2v) is 9.84. The summed E-state index contributed by atoms with van der Waals surface area (Å²) in [6, 6.07) is 0. The molecular formula is C22H43N7O2. The second-order valence-electron chi connectivity index (χ2n) is 9.84. The molecule has 1 aromatic rings. The Morgan fingerprint density at radius 1 is 0.903 bits per heavy atom. The van der Waals surface area contributed by atoms with Gasteiger partial charge < -0.3 is 30.6 Å². The molecule has 0 atom stereocenters. The van der Waals surface area contributed by atoms with E-state index in [1.165, 1.54) is 19.3 Å². The first kappa shape index (κ1) is 25.5. The maximum absolute atomic E-state index is 9.60. The molecule has 2 rings (SSSR count). The highest BCUT2D eigenvalue weighted by atomic mass is 16.3. The molecule has 0 saturated carbocycles. The van der Waals surface area contributed by atoms with Crippen molar-refractivity contribution in [3.8, 4) is 0 Å². The number of nitrogens with zero attached hydrogens (tertiary/aromatic N) is 5. The van der Waals surface area contributed by atoms with Crippen LogP contribution in [-0.2, 0) is 0 Å². The van der Waals surface area contributed by atoms with E-state index in [0.29, 0.717) is 30.9 Å². The number of unbranched alkanes of at least 4 members (excludes halogenated alkanes) is 1.